The summed E-state index contributed by atoms with van der Waals surface area (Å²) in [5.74, 6) is 0. The quantitative estimate of drug-likeness (QED) is 0.395. The SMILES string of the molecule is c1ccc2[nH]c(-c3ccc4sc(-c5ccc6cn[nH]c6c5)nc4c3)cc2c1. The van der Waals surface area contributed by atoms with Gasteiger partial charge in [-0.1, -0.05) is 36.4 Å². The van der Waals surface area contributed by atoms with E-state index in [2.05, 4.69) is 81.9 Å². The molecular weight excluding hydrogens is 352 g/mol. The number of hydrogen-bond donors (Lipinski definition) is 2. The molecule has 0 radical (unpaired) electrons. The average Bonchev–Trinajstić information content (AvgIpc) is 3.42. The second kappa shape index (κ2) is 5.53. The van der Waals surface area contributed by atoms with Crippen molar-refractivity contribution in [3.63, 3.8) is 0 Å². The van der Waals surface area contributed by atoms with Crippen molar-refractivity contribution < 1.29 is 0 Å². The lowest BCUT2D eigenvalue weighted by molar-refractivity contribution is 1.12. The Balaban J connectivity index is 1.46. The molecule has 0 aliphatic heterocycles. The van der Waals surface area contributed by atoms with Crippen LogP contribution in [0.2, 0.25) is 0 Å². The van der Waals surface area contributed by atoms with E-state index in [0.717, 1.165) is 43.8 Å². The lowest BCUT2D eigenvalue weighted by Crippen LogP contribution is -1.78. The standard InChI is InChI=1S/C22H14N4S/c1-2-4-17-13(3-1)9-18(24-17)14-7-8-21-20(10-14)25-22(27-21)15-5-6-16-12-23-26-19(16)11-15/h1-12,24H,(H,23,26). The molecule has 0 fully saturated rings. The monoisotopic (exact) mass is 366 g/mol. The van der Waals surface area contributed by atoms with Crippen molar-refractivity contribution in [2.24, 2.45) is 0 Å². The number of fused-ring (bicyclic) bond motifs is 3. The average molecular weight is 366 g/mol. The highest BCUT2D eigenvalue weighted by atomic mass is 32.1. The third kappa shape index (κ3) is 2.36. The number of H-pyrrole nitrogens is 2. The second-order valence-electron chi connectivity index (χ2n) is 6.64. The molecule has 0 atom stereocenters. The first-order valence-electron chi connectivity index (χ1n) is 8.76. The van der Waals surface area contributed by atoms with Gasteiger partial charge in [0.25, 0.3) is 0 Å². The Bertz CT molecular complexity index is 1400. The third-order valence-corrected chi connectivity index (χ3v) is 6.00. The highest BCUT2D eigenvalue weighted by Crippen LogP contribution is 2.34. The van der Waals surface area contributed by atoms with Gasteiger partial charge in [-0.15, -0.1) is 11.3 Å². The van der Waals surface area contributed by atoms with Crippen LogP contribution in [-0.4, -0.2) is 20.2 Å². The molecule has 3 heterocycles. The van der Waals surface area contributed by atoms with Gasteiger partial charge in [0, 0.05) is 33.1 Å². The van der Waals surface area contributed by atoms with Crippen molar-refractivity contribution in [1.82, 2.24) is 20.2 Å². The smallest absolute Gasteiger partial charge is 0.124 e. The topological polar surface area (TPSA) is 57.4 Å². The van der Waals surface area contributed by atoms with E-state index in [1.54, 1.807) is 11.3 Å². The molecule has 4 nitrogen and oxygen atoms in total. The Labute approximate surface area is 158 Å². The number of nitrogens with one attached hydrogen (secondary N) is 2. The summed E-state index contributed by atoms with van der Waals surface area (Å²) in [4.78, 5) is 8.38. The van der Waals surface area contributed by atoms with Gasteiger partial charge in [0.15, 0.2) is 0 Å². The van der Waals surface area contributed by atoms with Crippen molar-refractivity contribution in [2.75, 3.05) is 0 Å². The van der Waals surface area contributed by atoms with Gasteiger partial charge in [0.05, 0.1) is 21.9 Å². The van der Waals surface area contributed by atoms with E-state index in [1.807, 2.05) is 6.20 Å². The summed E-state index contributed by atoms with van der Waals surface area (Å²) in [5.41, 5.74) is 6.59. The first-order chi connectivity index (χ1) is 13.3. The Hall–Kier alpha value is -3.44. The molecule has 0 aliphatic rings. The summed E-state index contributed by atoms with van der Waals surface area (Å²) >= 11 is 1.71. The summed E-state index contributed by atoms with van der Waals surface area (Å²) in [6, 6.07) is 23.3. The van der Waals surface area contributed by atoms with Gasteiger partial charge in [-0.2, -0.15) is 5.10 Å². The number of aromatic nitrogens is 4. The molecule has 0 spiro atoms. The molecule has 6 rings (SSSR count). The molecule has 0 bridgehead atoms. The van der Waals surface area contributed by atoms with E-state index in [1.165, 1.54) is 10.1 Å². The zero-order chi connectivity index (χ0) is 17.8. The number of hydrogen-bond acceptors (Lipinski definition) is 3. The van der Waals surface area contributed by atoms with Crippen LogP contribution in [0.4, 0.5) is 0 Å². The first-order valence-corrected chi connectivity index (χ1v) is 9.57. The van der Waals surface area contributed by atoms with Gasteiger partial charge in [0.1, 0.15) is 5.01 Å². The predicted molar refractivity (Wildman–Crippen MR) is 112 cm³/mol. The molecule has 2 N–H and O–H groups in total. The molecule has 0 saturated carbocycles. The fraction of sp³-hybridized carbons (Fsp3) is 0. The maximum Gasteiger partial charge on any atom is 0.124 e. The zero-order valence-corrected chi connectivity index (χ0v) is 15.0. The largest absolute Gasteiger partial charge is 0.355 e. The number of rotatable bonds is 2. The van der Waals surface area contributed by atoms with Gasteiger partial charge < -0.3 is 4.98 Å². The Kier molecular flexibility index (Phi) is 3.01. The predicted octanol–water partition coefficient (Wildman–Crippen LogP) is 5.99. The molecule has 0 saturated heterocycles. The van der Waals surface area contributed by atoms with Gasteiger partial charge in [-0.05, 0) is 30.3 Å². The first kappa shape index (κ1) is 14.7. The molecule has 0 aliphatic carbocycles. The van der Waals surface area contributed by atoms with E-state index in [4.69, 9.17) is 4.98 Å². The summed E-state index contributed by atoms with van der Waals surface area (Å²) in [5, 5.41) is 10.5. The van der Waals surface area contributed by atoms with Crippen molar-refractivity contribution in [2.45, 2.75) is 0 Å². The molecule has 3 aromatic carbocycles. The van der Waals surface area contributed by atoms with Gasteiger partial charge in [0.2, 0.25) is 0 Å². The molecule has 0 amide bonds. The minimum atomic E-state index is 1.02. The number of benzene rings is 3. The summed E-state index contributed by atoms with van der Waals surface area (Å²) < 4.78 is 1.19. The number of aromatic amines is 2. The molecule has 3 aromatic heterocycles. The lowest BCUT2D eigenvalue weighted by atomic mass is 10.1. The Morgan fingerprint density at radius 2 is 1.70 bits per heavy atom. The lowest BCUT2D eigenvalue weighted by Gasteiger charge is -1.97. The molecular formula is C22H14N4S. The van der Waals surface area contributed by atoms with Crippen LogP contribution in [0.25, 0.3) is 53.9 Å². The Morgan fingerprint density at radius 1 is 0.778 bits per heavy atom. The number of nitrogens with zero attached hydrogens (tertiary/aromatic N) is 2. The van der Waals surface area contributed by atoms with Gasteiger partial charge in [-0.3, -0.25) is 5.10 Å². The minimum Gasteiger partial charge on any atom is -0.355 e. The highest BCUT2D eigenvalue weighted by molar-refractivity contribution is 7.21. The fourth-order valence-corrected chi connectivity index (χ4v) is 4.46. The molecule has 128 valence electrons. The number of para-hydroxylation sites is 1. The van der Waals surface area contributed by atoms with E-state index in [-0.39, 0.29) is 0 Å². The van der Waals surface area contributed by atoms with Crippen LogP contribution in [-0.2, 0) is 0 Å². The third-order valence-electron chi connectivity index (χ3n) is 4.92. The molecule has 6 aromatic rings. The van der Waals surface area contributed by atoms with E-state index < -0.39 is 0 Å². The number of thiazole rings is 1. The van der Waals surface area contributed by atoms with Crippen LogP contribution in [0, 0.1) is 0 Å². The minimum absolute atomic E-state index is 1.02. The maximum atomic E-state index is 4.88. The fourth-order valence-electron chi connectivity index (χ4n) is 3.52. The summed E-state index contributed by atoms with van der Waals surface area (Å²) in [6.07, 6.45) is 1.84. The van der Waals surface area contributed by atoms with Crippen LogP contribution in [0.5, 0.6) is 0 Å². The second-order valence-corrected chi connectivity index (χ2v) is 7.67. The molecule has 0 unspecified atom stereocenters. The van der Waals surface area contributed by atoms with Crippen LogP contribution in [0.15, 0.2) is 72.9 Å². The van der Waals surface area contributed by atoms with E-state index in [9.17, 15) is 0 Å². The van der Waals surface area contributed by atoms with Gasteiger partial charge in [-0.25, -0.2) is 4.98 Å². The van der Waals surface area contributed by atoms with Gasteiger partial charge >= 0.3 is 0 Å². The van der Waals surface area contributed by atoms with Crippen molar-refractivity contribution in [3.05, 3.63) is 72.9 Å². The van der Waals surface area contributed by atoms with Crippen molar-refractivity contribution in [1.29, 1.82) is 0 Å². The summed E-state index contributed by atoms with van der Waals surface area (Å²) in [7, 11) is 0. The van der Waals surface area contributed by atoms with Crippen LogP contribution in [0.1, 0.15) is 0 Å². The zero-order valence-electron chi connectivity index (χ0n) is 14.2. The van der Waals surface area contributed by atoms with E-state index in [0.29, 0.717) is 0 Å². The molecule has 27 heavy (non-hydrogen) atoms. The van der Waals surface area contributed by atoms with Crippen molar-refractivity contribution >= 4 is 43.4 Å². The Morgan fingerprint density at radius 3 is 2.67 bits per heavy atom. The highest BCUT2D eigenvalue weighted by Gasteiger charge is 2.10. The van der Waals surface area contributed by atoms with Crippen LogP contribution >= 0.6 is 11.3 Å². The maximum absolute atomic E-state index is 4.88. The normalized spacial score (nSPS) is 11.7. The molecule has 5 heteroatoms. The van der Waals surface area contributed by atoms with Crippen LogP contribution < -0.4 is 0 Å². The van der Waals surface area contributed by atoms with Crippen LogP contribution in [0.3, 0.4) is 0 Å². The summed E-state index contributed by atoms with van der Waals surface area (Å²) in [6.45, 7) is 0. The van der Waals surface area contributed by atoms with Crippen molar-refractivity contribution in [3.8, 4) is 21.8 Å². The van der Waals surface area contributed by atoms with E-state index >= 15 is 0 Å².